The van der Waals surface area contributed by atoms with E-state index < -0.39 is 17.6 Å². The van der Waals surface area contributed by atoms with Gasteiger partial charge in [-0.1, -0.05) is 43.3 Å². The third-order valence-electron chi connectivity index (χ3n) is 3.23. The van der Waals surface area contributed by atoms with Crippen molar-refractivity contribution in [3.63, 3.8) is 0 Å². The lowest BCUT2D eigenvalue weighted by atomic mass is 10.1. The first-order valence-electron chi connectivity index (χ1n) is 7.22. The first kappa shape index (κ1) is 16.4. The van der Waals surface area contributed by atoms with E-state index >= 15 is 0 Å². The fraction of sp³-hybridized carbons (Fsp3) is 0.111. The van der Waals surface area contributed by atoms with Gasteiger partial charge in [0.15, 0.2) is 0 Å². The molecule has 0 saturated heterocycles. The van der Waals surface area contributed by atoms with Crippen LogP contribution in [-0.2, 0) is 11.2 Å². The molecular formula is C18H17FN2O2. The topological polar surface area (TPSA) is 58.2 Å². The Kier molecular flexibility index (Phi) is 5.63. The van der Waals surface area contributed by atoms with Gasteiger partial charge in [-0.3, -0.25) is 20.4 Å². The molecule has 0 radical (unpaired) electrons. The molecule has 23 heavy (non-hydrogen) atoms. The van der Waals surface area contributed by atoms with E-state index in [1.54, 1.807) is 12.1 Å². The van der Waals surface area contributed by atoms with Gasteiger partial charge < -0.3 is 0 Å². The molecule has 0 atom stereocenters. The molecule has 4 nitrogen and oxygen atoms in total. The summed E-state index contributed by atoms with van der Waals surface area (Å²) in [6.45, 7) is 2.07. The summed E-state index contributed by atoms with van der Waals surface area (Å²) in [5.41, 5.74) is 6.33. The summed E-state index contributed by atoms with van der Waals surface area (Å²) in [6, 6.07) is 13.3. The standard InChI is InChI=1S/C18H17FN2O2/c1-2-13-7-9-14(10-8-13)11-12-17(22)20-21-18(23)15-5-3-4-6-16(15)19/h3-12H,2H2,1H3,(H,20,22)(H,21,23)/b12-11+. The SMILES string of the molecule is CCc1ccc(/C=C/C(=O)NNC(=O)c2ccccc2F)cc1. The average molecular weight is 312 g/mol. The zero-order valence-electron chi connectivity index (χ0n) is 12.7. The molecule has 0 aliphatic carbocycles. The molecule has 2 aromatic carbocycles. The van der Waals surface area contributed by atoms with Crippen LogP contribution < -0.4 is 10.9 Å². The second kappa shape index (κ2) is 7.89. The van der Waals surface area contributed by atoms with E-state index in [0.29, 0.717) is 0 Å². The zero-order valence-corrected chi connectivity index (χ0v) is 12.7. The maximum absolute atomic E-state index is 13.4. The van der Waals surface area contributed by atoms with Crippen molar-refractivity contribution >= 4 is 17.9 Å². The second-order valence-electron chi connectivity index (χ2n) is 4.85. The van der Waals surface area contributed by atoms with Crippen molar-refractivity contribution in [3.8, 4) is 0 Å². The van der Waals surface area contributed by atoms with Crippen LogP contribution in [0.25, 0.3) is 6.08 Å². The number of amides is 2. The van der Waals surface area contributed by atoms with Crippen LogP contribution in [0, 0.1) is 5.82 Å². The van der Waals surface area contributed by atoms with Gasteiger partial charge in [0.2, 0.25) is 0 Å². The first-order chi connectivity index (χ1) is 11.1. The maximum Gasteiger partial charge on any atom is 0.272 e. The highest BCUT2D eigenvalue weighted by Gasteiger charge is 2.10. The van der Waals surface area contributed by atoms with Gasteiger partial charge in [0.05, 0.1) is 5.56 Å². The zero-order chi connectivity index (χ0) is 16.7. The normalized spacial score (nSPS) is 10.5. The largest absolute Gasteiger partial charge is 0.272 e. The lowest BCUT2D eigenvalue weighted by molar-refractivity contribution is -0.117. The van der Waals surface area contributed by atoms with Crippen molar-refractivity contribution in [1.29, 1.82) is 0 Å². The molecule has 0 heterocycles. The highest BCUT2D eigenvalue weighted by Crippen LogP contribution is 2.07. The molecule has 0 saturated carbocycles. The van der Waals surface area contributed by atoms with E-state index in [0.717, 1.165) is 12.0 Å². The van der Waals surface area contributed by atoms with E-state index in [2.05, 4.69) is 17.8 Å². The lowest BCUT2D eigenvalue weighted by Crippen LogP contribution is -2.41. The van der Waals surface area contributed by atoms with Gasteiger partial charge in [-0.25, -0.2) is 4.39 Å². The average Bonchev–Trinajstić information content (AvgIpc) is 2.58. The minimum Gasteiger partial charge on any atom is -0.268 e. The Labute approximate surface area is 134 Å². The third-order valence-corrected chi connectivity index (χ3v) is 3.23. The van der Waals surface area contributed by atoms with Crippen LogP contribution in [0.4, 0.5) is 4.39 Å². The summed E-state index contributed by atoms with van der Waals surface area (Å²) < 4.78 is 13.4. The molecule has 0 aromatic heterocycles. The van der Waals surface area contributed by atoms with Crippen molar-refractivity contribution in [1.82, 2.24) is 10.9 Å². The minimum atomic E-state index is -0.711. The Bertz CT molecular complexity index is 724. The molecule has 2 aromatic rings. The molecule has 2 amide bonds. The Balaban J connectivity index is 1.88. The van der Waals surface area contributed by atoms with Crippen molar-refractivity contribution < 1.29 is 14.0 Å². The van der Waals surface area contributed by atoms with Crippen LogP contribution in [0.15, 0.2) is 54.6 Å². The molecule has 0 aliphatic heterocycles. The summed E-state index contributed by atoms with van der Waals surface area (Å²) in [7, 11) is 0. The fourth-order valence-corrected chi connectivity index (χ4v) is 1.91. The van der Waals surface area contributed by atoms with Crippen molar-refractivity contribution in [3.05, 3.63) is 77.1 Å². The minimum absolute atomic E-state index is 0.132. The molecule has 0 fully saturated rings. The summed E-state index contributed by atoms with van der Waals surface area (Å²) >= 11 is 0. The smallest absolute Gasteiger partial charge is 0.268 e. The van der Waals surface area contributed by atoms with Crippen molar-refractivity contribution in [2.45, 2.75) is 13.3 Å². The maximum atomic E-state index is 13.4. The number of hydrazine groups is 1. The van der Waals surface area contributed by atoms with Crippen LogP contribution in [0.1, 0.15) is 28.4 Å². The Morgan fingerprint density at radius 3 is 2.39 bits per heavy atom. The van der Waals surface area contributed by atoms with E-state index in [1.165, 1.54) is 29.8 Å². The molecule has 0 spiro atoms. The Morgan fingerprint density at radius 1 is 1.04 bits per heavy atom. The number of carbonyl (C=O) groups excluding carboxylic acids is 2. The Hall–Kier alpha value is -2.95. The lowest BCUT2D eigenvalue weighted by Gasteiger charge is -2.05. The van der Waals surface area contributed by atoms with Gasteiger partial charge in [0.25, 0.3) is 11.8 Å². The van der Waals surface area contributed by atoms with Crippen LogP contribution in [0.3, 0.4) is 0 Å². The number of carbonyl (C=O) groups is 2. The van der Waals surface area contributed by atoms with Gasteiger partial charge in [-0.05, 0) is 35.8 Å². The molecule has 0 unspecified atom stereocenters. The van der Waals surface area contributed by atoms with E-state index in [-0.39, 0.29) is 5.56 Å². The molecule has 5 heteroatoms. The molecule has 0 bridgehead atoms. The van der Waals surface area contributed by atoms with Gasteiger partial charge in [-0.15, -0.1) is 0 Å². The number of benzene rings is 2. The van der Waals surface area contributed by atoms with Crippen molar-refractivity contribution in [2.24, 2.45) is 0 Å². The number of rotatable bonds is 4. The molecule has 118 valence electrons. The summed E-state index contributed by atoms with van der Waals surface area (Å²) in [6.07, 6.45) is 3.87. The van der Waals surface area contributed by atoms with E-state index in [4.69, 9.17) is 0 Å². The Morgan fingerprint density at radius 2 is 1.74 bits per heavy atom. The van der Waals surface area contributed by atoms with Gasteiger partial charge in [-0.2, -0.15) is 0 Å². The molecule has 2 N–H and O–H groups in total. The number of hydrogen-bond acceptors (Lipinski definition) is 2. The van der Waals surface area contributed by atoms with Crippen LogP contribution in [0.5, 0.6) is 0 Å². The molecule has 0 aliphatic rings. The van der Waals surface area contributed by atoms with Gasteiger partial charge >= 0.3 is 0 Å². The van der Waals surface area contributed by atoms with Gasteiger partial charge in [0.1, 0.15) is 5.82 Å². The van der Waals surface area contributed by atoms with E-state index in [9.17, 15) is 14.0 Å². The van der Waals surface area contributed by atoms with Crippen molar-refractivity contribution in [2.75, 3.05) is 0 Å². The first-order valence-corrected chi connectivity index (χ1v) is 7.22. The predicted octanol–water partition coefficient (Wildman–Crippen LogP) is 2.86. The molecular weight excluding hydrogens is 295 g/mol. The fourth-order valence-electron chi connectivity index (χ4n) is 1.91. The predicted molar refractivity (Wildman–Crippen MR) is 86.9 cm³/mol. The third kappa shape index (κ3) is 4.78. The summed E-state index contributed by atoms with van der Waals surface area (Å²) in [5, 5.41) is 0. The summed E-state index contributed by atoms with van der Waals surface area (Å²) in [4.78, 5) is 23.4. The van der Waals surface area contributed by atoms with Crippen LogP contribution in [-0.4, -0.2) is 11.8 Å². The highest BCUT2D eigenvalue weighted by molar-refractivity contribution is 5.98. The highest BCUT2D eigenvalue weighted by atomic mass is 19.1. The van der Waals surface area contributed by atoms with Gasteiger partial charge in [0, 0.05) is 6.08 Å². The quantitative estimate of drug-likeness (QED) is 0.674. The molecule has 2 rings (SSSR count). The summed E-state index contributed by atoms with van der Waals surface area (Å²) in [5.74, 6) is -1.86. The number of halogens is 1. The number of hydrogen-bond donors (Lipinski definition) is 2. The van der Waals surface area contributed by atoms with E-state index in [1.807, 2.05) is 24.3 Å². The van der Waals surface area contributed by atoms with Crippen LogP contribution >= 0.6 is 0 Å². The monoisotopic (exact) mass is 312 g/mol. The number of aryl methyl sites for hydroxylation is 1. The number of nitrogens with one attached hydrogen (secondary N) is 2. The second-order valence-corrected chi connectivity index (χ2v) is 4.85. The van der Waals surface area contributed by atoms with Crippen LogP contribution in [0.2, 0.25) is 0 Å².